The Morgan fingerprint density at radius 3 is 2.30 bits per heavy atom. The zero-order valence-corrected chi connectivity index (χ0v) is 27.7. The number of halogens is 1. The highest BCUT2D eigenvalue weighted by molar-refractivity contribution is 7.80. The Morgan fingerprint density at radius 1 is 0.907 bits per heavy atom. The van der Waals surface area contributed by atoms with E-state index in [-0.39, 0.29) is 6.04 Å². The van der Waals surface area contributed by atoms with E-state index < -0.39 is 0 Å². The fourth-order valence-corrected chi connectivity index (χ4v) is 8.22. The molecular weight excluding hydrogens is 574 g/mol. The Bertz CT molecular complexity index is 1490. The van der Waals surface area contributed by atoms with Gasteiger partial charge in [0, 0.05) is 36.4 Å². The molecule has 3 aromatic rings. The van der Waals surface area contributed by atoms with Gasteiger partial charge in [0.25, 0.3) is 0 Å². The Morgan fingerprint density at radius 2 is 1.58 bits per heavy atom. The molecule has 43 heavy (non-hydrogen) atoms. The van der Waals surface area contributed by atoms with E-state index in [1.54, 1.807) is 25.3 Å². The number of hydrogen-bond donors (Lipinski definition) is 1. The highest BCUT2D eigenvalue weighted by Gasteiger charge is 2.41. The molecule has 5 nitrogen and oxygen atoms in total. The fourth-order valence-electron chi connectivity index (χ4n) is 7.76. The zero-order chi connectivity index (χ0) is 30.2. The van der Waals surface area contributed by atoms with Gasteiger partial charge in [-0.15, -0.1) is 0 Å². The zero-order valence-electron chi connectivity index (χ0n) is 26.1. The maximum atomic E-state index is 6.17. The molecule has 0 bridgehead atoms. The Balaban J connectivity index is 1.35. The number of anilines is 1. The van der Waals surface area contributed by atoms with Crippen molar-refractivity contribution < 1.29 is 9.47 Å². The molecule has 3 heterocycles. The van der Waals surface area contributed by atoms with Crippen LogP contribution in [0.2, 0.25) is 5.02 Å². The van der Waals surface area contributed by atoms with Crippen LogP contribution in [0.5, 0.6) is 11.5 Å². The molecule has 0 saturated carbocycles. The lowest BCUT2D eigenvalue weighted by molar-refractivity contribution is 0.0380. The summed E-state index contributed by atoms with van der Waals surface area (Å²) in [6.45, 7) is 10.1. The van der Waals surface area contributed by atoms with E-state index in [0.717, 1.165) is 61.2 Å². The van der Waals surface area contributed by atoms with E-state index in [2.05, 4.69) is 60.2 Å². The number of fused-ring (bicyclic) bond motifs is 4. The van der Waals surface area contributed by atoms with Gasteiger partial charge in [0.15, 0.2) is 16.6 Å². The average Bonchev–Trinajstić information content (AvgIpc) is 3.01. The monoisotopic (exact) mass is 617 g/mol. The molecule has 0 aliphatic carbocycles. The normalized spacial score (nSPS) is 23.2. The van der Waals surface area contributed by atoms with Gasteiger partial charge in [0.05, 0.1) is 20.3 Å². The third-order valence-electron chi connectivity index (χ3n) is 10.3. The van der Waals surface area contributed by atoms with E-state index in [9.17, 15) is 0 Å². The minimum absolute atomic E-state index is 0.143. The first-order chi connectivity index (χ1) is 20.8. The molecule has 3 aliphatic rings. The number of hydrogen-bond acceptors (Lipinski definition) is 4. The van der Waals surface area contributed by atoms with Gasteiger partial charge in [-0.3, -0.25) is 4.90 Å². The number of methoxy groups -OCH3 is 2. The molecule has 6 rings (SSSR count). The first-order valence-electron chi connectivity index (χ1n) is 15.7. The van der Waals surface area contributed by atoms with Crippen LogP contribution >= 0.6 is 23.8 Å². The van der Waals surface area contributed by atoms with Gasteiger partial charge in [-0.1, -0.05) is 37.1 Å². The molecule has 0 amide bonds. The summed E-state index contributed by atoms with van der Waals surface area (Å²) in [5.74, 6) is 2.79. The Kier molecular flexibility index (Phi) is 8.91. The minimum atomic E-state index is 0.143. The van der Waals surface area contributed by atoms with Crippen LogP contribution < -0.4 is 14.8 Å². The third-order valence-corrected chi connectivity index (χ3v) is 10.9. The second kappa shape index (κ2) is 12.7. The molecule has 3 aromatic carbocycles. The molecule has 228 valence electrons. The predicted molar refractivity (Wildman–Crippen MR) is 181 cm³/mol. The van der Waals surface area contributed by atoms with Crippen LogP contribution in [-0.4, -0.2) is 48.8 Å². The van der Waals surface area contributed by atoms with Crippen molar-refractivity contribution in [3.63, 3.8) is 0 Å². The molecule has 0 aromatic heterocycles. The summed E-state index contributed by atoms with van der Waals surface area (Å²) < 4.78 is 11.5. The highest BCUT2D eigenvalue weighted by atomic mass is 35.5. The summed E-state index contributed by atoms with van der Waals surface area (Å²) in [7, 11) is 3.44. The SMILES string of the molecule is CCC1CN2CCc3cc(C)c(C)cc3C2CC1CC1c2cc(OC)c(OC)cc2CCN1C(=S)Nc1ccc(Cl)cc1. The summed E-state index contributed by atoms with van der Waals surface area (Å²) in [6, 6.07) is 17.7. The van der Waals surface area contributed by atoms with Gasteiger partial charge < -0.3 is 19.7 Å². The Labute approximate surface area is 267 Å². The molecule has 1 N–H and O–H groups in total. The number of thiocarbonyl (C=S) groups is 1. The fraction of sp³-hybridized carbons (Fsp3) is 0.472. The van der Waals surface area contributed by atoms with Crippen LogP contribution in [0.15, 0.2) is 48.5 Å². The lowest BCUT2D eigenvalue weighted by Gasteiger charge is -2.49. The van der Waals surface area contributed by atoms with Crippen LogP contribution in [0.1, 0.15) is 71.7 Å². The molecule has 3 aliphatic heterocycles. The number of nitrogens with one attached hydrogen (secondary N) is 1. The van der Waals surface area contributed by atoms with Crippen molar-refractivity contribution in [2.45, 2.75) is 65.0 Å². The van der Waals surface area contributed by atoms with Crippen molar-refractivity contribution in [1.82, 2.24) is 9.80 Å². The van der Waals surface area contributed by atoms with Crippen molar-refractivity contribution in [3.8, 4) is 11.5 Å². The second-order valence-corrected chi connectivity index (χ2v) is 13.4. The van der Waals surface area contributed by atoms with E-state index >= 15 is 0 Å². The summed E-state index contributed by atoms with van der Waals surface area (Å²) in [6.07, 6.45) is 5.47. The quantitative estimate of drug-likeness (QED) is 0.280. The van der Waals surface area contributed by atoms with Crippen LogP contribution in [0, 0.1) is 25.7 Å². The van der Waals surface area contributed by atoms with Gasteiger partial charge >= 0.3 is 0 Å². The van der Waals surface area contributed by atoms with Crippen LogP contribution in [0.3, 0.4) is 0 Å². The second-order valence-electron chi connectivity index (χ2n) is 12.6. The van der Waals surface area contributed by atoms with Crippen molar-refractivity contribution >= 4 is 34.6 Å². The molecule has 1 fully saturated rings. The van der Waals surface area contributed by atoms with E-state index in [1.165, 1.54) is 35.1 Å². The van der Waals surface area contributed by atoms with Crippen molar-refractivity contribution in [1.29, 1.82) is 0 Å². The van der Waals surface area contributed by atoms with E-state index in [0.29, 0.717) is 22.9 Å². The summed E-state index contributed by atoms with van der Waals surface area (Å²) in [4.78, 5) is 5.19. The first-order valence-corrected chi connectivity index (χ1v) is 16.5. The number of benzene rings is 3. The average molecular weight is 618 g/mol. The molecule has 0 spiro atoms. The summed E-state index contributed by atoms with van der Waals surface area (Å²) in [5.41, 5.74) is 9.50. The summed E-state index contributed by atoms with van der Waals surface area (Å²) in [5, 5.41) is 4.99. The molecular formula is C36H44ClN3O2S. The van der Waals surface area contributed by atoms with Gasteiger partial charge in [-0.2, -0.15) is 0 Å². The predicted octanol–water partition coefficient (Wildman–Crippen LogP) is 8.31. The molecule has 7 heteroatoms. The topological polar surface area (TPSA) is 37.0 Å². The lowest BCUT2D eigenvalue weighted by Crippen LogP contribution is -2.48. The number of ether oxygens (including phenoxy) is 2. The largest absolute Gasteiger partial charge is 0.493 e. The van der Waals surface area contributed by atoms with Crippen LogP contribution in [-0.2, 0) is 12.8 Å². The smallest absolute Gasteiger partial charge is 0.173 e. The van der Waals surface area contributed by atoms with Crippen LogP contribution in [0.4, 0.5) is 5.69 Å². The Hall–Kier alpha value is -2.80. The van der Waals surface area contributed by atoms with Gasteiger partial charge in [0.1, 0.15) is 0 Å². The maximum absolute atomic E-state index is 6.17. The van der Waals surface area contributed by atoms with Gasteiger partial charge in [-0.05, 0) is 133 Å². The standard InChI is InChI=1S/C36H44ClN3O2S/c1-6-24-21-39-13-11-25-15-22(2)23(3)16-30(25)32(39)17-27(24)18-33-31-20-35(42-5)34(41-4)19-26(31)12-14-40(33)36(43)38-29-9-7-28(37)8-10-29/h7-10,15-16,19-20,24,27,32-33H,6,11-14,17-18,21H2,1-5H3,(H,38,43). The van der Waals surface area contributed by atoms with Crippen molar-refractivity contribution in [2.75, 3.05) is 39.2 Å². The van der Waals surface area contributed by atoms with Gasteiger partial charge in [-0.25, -0.2) is 0 Å². The highest BCUT2D eigenvalue weighted by Crippen LogP contribution is 2.48. The number of aryl methyl sites for hydroxylation is 2. The first kappa shape index (κ1) is 30.2. The van der Waals surface area contributed by atoms with E-state index in [4.69, 9.17) is 33.3 Å². The summed E-state index contributed by atoms with van der Waals surface area (Å²) >= 11 is 12.3. The molecule has 1 saturated heterocycles. The maximum Gasteiger partial charge on any atom is 0.173 e. The lowest BCUT2D eigenvalue weighted by atomic mass is 9.72. The molecule has 4 unspecified atom stereocenters. The number of piperidine rings is 1. The molecule has 4 atom stereocenters. The van der Waals surface area contributed by atoms with Crippen LogP contribution in [0.25, 0.3) is 0 Å². The number of rotatable bonds is 6. The van der Waals surface area contributed by atoms with Gasteiger partial charge in [0.2, 0.25) is 0 Å². The number of nitrogens with zero attached hydrogens (tertiary/aromatic N) is 2. The molecule has 0 radical (unpaired) electrons. The minimum Gasteiger partial charge on any atom is -0.493 e. The van der Waals surface area contributed by atoms with E-state index in [1.807, 2.05) is 24.3 Å². The third kappa shape index (κ3) is 5.99. The van der Waals surface area contributed by atoms with Crippen molar-refractivity contribution in [3.05, 3.63) is 86.9 Å². The van der Waals surface area contributed by atoms with Crippen molar-refractivity contribution in [2.24, 2.45) is 11.8 Å².